The fourth-order valence-electron chi connectivity index (χ4n) is 0. The molecular weight excluding hydrogens is 247 g/mol. The molecule has 0 heterocycles. The van der Waals surface area contributed by atoms with Crippen molar-refractivity contribution >= 4 is 60.8 Å². The molecule has 0 aliphatic heterocycles. The fourth-order valence-corrected chi connectivity index (χ4v) is 0. The Bertz CT molecular complexity index is 75.1. The minimum atomic E-state index is -0.833. The van der Waals surface area contributed by atoms with Gasteiger partial charge in [0, 0.05) is 6.92 Å². The zero-order valence-electron chi connectivity index (χ0n) is 4.51. The molecule has 9 heavy (non-hydrogen) atoms. The molecule has 0 radical (unpaired) electrons. The molecule has 0 bridgehead atoms. The predicted molar refractivity (Wildman–Crippen MR) is 38.0 cm³/mol. The van der Waals surface area contributed by atoms with Gasteiger partial charge in [-0.3, -0.25) is 10.2 Å². The maximum absolute atomic E-state index is 9.00. The summed E-state index contributed by atoms with van der Waals surface area (Å²) in [5, 5.41) is 13.5. The molecule has 0 amide bonds. The maximum atomic E-state index is 9.00. The van der Waals surface area contributed by atoms with Crippen molar-refractivity contribution in [3.8, 4) is 0 Å². The predicted octanol–water partition coefficient (Wildman–Crippen LogP) is -1.99. The van der Waals surface area contributed by atoms with Gasteiger partial charge in [0.25, 0.3) is 5.97 Å². The average Bonchev–Trinajstić information content (AvgIpc) is 1.25. The summed E-state index contributed by atoms with van der Waals surface area (Å²) >= 11 is 0. The quantitative estimate of drug-likeness (QED) is 0.229. The van der Waals surface area contributed by atoms with E-state index in [1.165, 1.54) is 0 Å². The van der Waals surface area contributed by atoms with Crippen LogP contribution >= 0.6 is 0 Å². The summed E-state index contributed by atoms with van der Waals surface area (Å²) in [4.78, 5) is 9.00. The normalized spacial score (nSPS) is 5.44. The van der Waals surface area contributed by atoms with Gasteiger partial charge in [-0.15, -0.1) is 0 Å². The summed E-state index contributed by atoms with van der Waals surface area (Å²) in [6, 6.07) is 0. The van der Waals surface area contributed by atoms with Crippen LogP contribution in [0.5, 0.6) is 0 Å². The van der Waals surface area contributed by atoms with Crippen LogP contribution in [0.4, 0.5) is 0 Å². The van der Waals surface area contributed by atoms with Gasteiger partial charge in [-0.1, -0.05) is 0 Å². The number of nitrogens with two attached hydrogens (primary N) is 2. The second-order valence-electron chi connectivity index (χ2n) is 0.974. The van der Waals surface area contributed by atoms with Crippen LogP contribution in [0.3, 0.4) is 0 Å². The van der Waals surface area contributed by atoms with E-state index in [9.17, 15) is 0 Å². The minimum absolute atomic E-state index is 0. The summed E-state index contributed by atoms with van der Waals surface area (Å²) in [7, 11) is 0. The van der Waals surface area contributed by atoms with Crippen molar-refractivity contribution in [2.75, 3.05) is 0 Å². The molecule has 0 atom stereocenters. The average molecular weight is 258 g/mol. The van der Waals surface area contributed by atoms with Gasteiger partial charge in [0.15, 0.2) is 5.96 Å². The first kappa shape index (κ1) is 16.1. The zero-order valence-corrected chi connectivity index (χ0v) is 4.51. The SMILES string of the molecule is CC(=O)O.N=C(N)N.[BaH2]. The number of carboxylic acid groups (broad SMARTS) is 1. The van der Waals surface area contributed by atoms with Crippen LogP contribution in [-0.4, -0.2) is 65.9 Å². The molecular formula is C3H11BaN3O2. The van der Waals surface area contributed by atoms with Crippen LogP contribution in [0, 0.1) is 5.41 Å². The van der Waals surface area contributed by atoms with E-state index in [4.69, 9.17) is 15.3 Å². The Hall–Kier alpha value is 0.311. The van der Waals surface area contributed by atoms with E-state index >= 15 is 0 Å². The Morgan fingerprint density at radius 2 is 1.56 bits per heavy atom. The third kappa shape index (κ3) is 3410. The van der Waals surface area contributed by atoms with Crippen molar-refractivity contribution < 1.29 is 9.90 Å². The first-order chi connectivity index (χ1) is 3.46. The first-order valence-electron chi connectivity index (χ1n) is 1.76. The van der Waals surface area contributed by atoms with Gasteiger partial charge in [-0.05, 0) is 0 Å². The number of hydrogen-bond acceptors (Lipinski definition) is 2. The van der Waals surface area contributed by atoms with Gasteiger partial charge < -0.3 is 16.6 Å². The van der Waals surface area contributed by atoms with Crippen LogP contribution in [0.1, 0.15) is 6.92 Å². The number of aliphatic carboxylic acids is 1. The van der Waals surface area contributed by atoms with Crippen LogP contribution in [-0.2, 0) is 4.79 Å². The summed E-state index contributed by atoms with van der Waals surface area (Å²) in [6.45, 7) is 1.08. The zero-order chi connectivity index (χ0) is 7.15. The second kappa shape index (κ2) is 11.2. The Labute approximate surface area is 93.4 Å². The van der Waals surface area contributed by atoms with E-state index in [-0.39, 0.29) is 54.8 Å². The molecule has 5 nitrogen and oxygen atoms in total. The van der Waals surface area contributed by atoms with Gasteiger partial charge >= 0.3 is 48.9 Å². The van der Waals surface area contributed by atoms with Gasteiger partial charge in [0.05, 0.1) is 0 Å². The number of rotatable bonds is 0. The number of guanidine groups is 1. The number of hydrogen-bond donors (Lipinski definition) is 4. The summed E-state index contributed by atoms with van der Waals surface area (Å²) < 4.78 is 0. The van der Waals surface area contributed by atoms with Crippen LogP contribution in [0.25, 0.3) is 0 Å². The Morgan fingerprint density at radius 3 is 1.56 bits per heavy atom. The molecule has 52 valence electrons. The third-order valence-electron chi connectivity index (χ3n) is 0. The van der Waals surface area contributed by atoms with Crippen molar-refractivity contribution in [2.24, 2.45) is 11.5 Å². The third-order valence-corrected chi connectivity index (χ3v) is 0. The molecule has 6 heteroatoms. The van der Waals surface area contributed by atoms with E-state index in [0.29, 0.717) is 0 Å². The molecule has 6 N–H and O–H groups in total. The van der Waals surface area contributed by atoms with Crippen LogP contribution < -0.4 is 11.5 Å². The van der Waals surface area contributed by atoms with Crippen LogP contribution in [0.15, 0.2) is 0 Å². The Balaban J connectivity index is -0.0000000720. The first-order valence-corrected chi connectivity index (χ1v) is 1.76. The molecule has 0 unspecified atom stereocenters. The summed E-state index contributed by atoms with van der Waals surface area (Å²) in [5.74, 6) is -1.17. The van der Waals surface area contributed by atoms with Crippen molar-refractivity contribution in [1.29, 1.82) is 5.41 Å². The van der Waals surface area contributed by atoms with E-state index in [0.717, 1.165) is 6.92 Å². The van der Waals surface area contributed by atoms with Crippen molar-refractivity contribution in [2.45, 2.75) is 6.92 Å². The molecule has 0 aromatic carbocycles. The molecule has 0 aliphatic carbocycles. The van der Waals surface area contributed by atoms with Gasteiger partial charge in [-0.2, -0.15) is 0 Å². The van der Waals surface area contributed by atoms with Gasteiger partial charge in [-0.25, -0.2) is 0 Å². The van der Waals surface area contributed by atoms with Gasteiger partial charge in [0.2, 0.25) is 0 Å². The number of carbonyl (C=O) groups is 1. The number of nitrogens with one attached hydrogen (secondary N) is 1. The van der Waals surface area contributed by atoms with E-state index in [1.54, 1.807) is 0 Å². The molecule has 0 aromatic heterocycles. The molecule has 0 saturated heterocycles. The molecule has 0 saturated carbocycles. The van der Waals surface area contributed by atoms with E-state index in [1.807, 2.05) is 0 Å². The van der Waals surface area contributed by atoms with E-state index in [2.05, 4.69) is 11.5 Å². The standard InChI is InChI=1S/C2H4O2.CH5N3.Ba.2H/c1-2(3)4;2-1(3)4;;;/h1H3,(H,3,4);(H5,2,3,4);;;. The molecule has 0 aliphatic rings. The molecule has 0 rings (SSSR count). The Morgan fingerprint density at radius 1 is 1.56 bits per heavy atom. The molecule has 0 aromatic rings. The second-order valence-corrected chi connectivity index (χ2v) is 0.974. The van der Waals surface area contributed by atoms with Crippen molar-refractivity contribution in [1.82, 2.24) is 0 Å². The topological polar surface area (TPSA) is 113 Å². The Kier molecular flexibility index (Phi) is 20.0. The van der Waals surface area contributed by atoms with Crippen molar-refractivity contribution in [3.05, 3.63) is 0 Å². The summed E-state index contributed by atoms with van der Waals surface area (Å²) in [5.41, 5.74) is 8.94. The fraction of sp³-hybridized carbons (Fsp3) is 0.333. The summed E-state index contributed by atoms with van der Waals surface area (Å²) in [6.07, 6.45) is 0. The number of carboxylic acids is 1. The van der Waals surface area contributed by atoms with Crippen LogP contribution in [0.2, 0.25) is 0 Å². The monoisotopic (exact) mass is 259 g/mol. The van der Waals surface area contributed by atoms with Crippen molar-refractivity contribution in [3.63, 3.8) is 0 Å². The molecule has 0 spiro atoms. The molecule has 0 fully saturated rings. The van der Waals surface area contributed by atoms with Gasteiger partial charge in [0.1, 0.15) is 0 Å². The van der Waals surface area contributed by atoms with E-state index < -0.39 is 5.97 Å².